The largest absolute Gasteiger partial charge is 0.423 e. The van der Waals surface area contributed by atoms with Crippen molar-refractivity contribution in [3.63, 3.8) is 0 Å². The second-order valence-corrected chi connectivity index (χ2v) is 6.97. The average Bonchev–Trinajstić information content (AvgIpc) is 3.14. The van der Waals surface area contributed by atoms with Crippen molar-refractivity contribution in [2.75, 3.05) is 12.4 Å². The van der Waals surface area contributed by atoms with Gasteiger partial charge in [0.25, 0.3) is 0 Å². The van der Waals surface area contributed by atoms with Crippen molar-refractivity contribution < 1.29 is 19.1 Å². The van der Waals surface area contributed by atoms with Crippen molar-refractivity contribution >= 4 is 23.5 Å². The summed E-state index contributed by atoms with van der Waals surface area (Å²) in [6.07, 6.45) is 2.43. The number of Topliss-reactive ketones (excluding diaryl/α,β-unsaturated/α-hetero) is 1. The lowest BCUT2D eigenvalue weighted by atomic mass is 10.1. The zero-order valence-corrected chi connectivity index (χ0v) is 14.9. The predicted molar refractivity (Wildman–Crippen MR) is 97.5 cm³/mol. The normalized spacial score (nSPS) is 16.6. The molecule has 2 aromatic rings. The quantitative estimate of drug-likeness (QED) is 0.333. The van der Waals surface area contributed by atoms with Crippen LogP contribution in [0.25, 0.3) is 0 Å². The molecule has 1 atom stereocenters. The number of thioether (sulfide) groups is 1. The van der Waals surface area contributed by atoms with Crippen LogP contribution in [0.4, 0.5) is 0 Å². The Hall–Kier alpha value is -2.11. The topological polar surface area (TPSA) is 52.6 Å². The van der Waals surface area contributed by atoms with E-state index in [1.165, 1.54) is 6.92 Å². The van der Waals surface area contributed by atoms with Gasteiger partial charge in [0.05, 0.1) is 11.7 Å². The summed E-state index contributed by atoms with van der Waals surface area (Å²) < 4.78 is 11.1. The van der Waals surface area contributed by atoms with Crippen molar-refractivity contribution in [3.8, 4) is 5.75 Å². The van der Waals surface area contributed by atoms with E-state index in [0.29, 0.717) is 16.9 Å². The fourth-order valence-electron chi connectivity index (χ4n) is 2.64. The van der Waals surface area contributed by atoms with Gasteiger partial charge in [0, 0.05) is 22.8 Å². The molecule has 5 heteroatoms. The third-order valence-corrected chi connectivity index (χ3v) is 5.23. The maximum Gasteiger partial charge on any atom is 0.344 e. The van der Waals surface area contributed by atoms with Gasteiger partial charge in [0.15, 0.2) is 5.78 Å². The second kappa shape index (κ2) is 8.32. The summed E-state index contributed by atoms with van der Waals surface area (Å²) in [5.41, 5.74) is 1.13. The van der Waals surface area contributed by atoms with Crippen molar-refractivity contribution in [1.82, 2.24) is 0 Å². The minimum atomic E-state index is -0.397. The number of esters is 1. The summed E-state index contributed by atoms with van der Waals surface area (Å²) in [5.74, 6) is 0.839. The second-order valence-electron chi connectivity index (χ2n) is 5.91. The highest BCUT2D eigenvalue weighted by Gasteiger charge is 2.18. The molecule has 0 spiro atoms. The summed E-state index contributed by atoms with van der Waals surface area (Å²) in [6.45, 7) is 2.33. The lowest BCUT2D eigenvalue weighted by Gasteiger charge is -2.12. The first-order valence-corrected chi connectivity index (χ1v) is 9.28. The van der Waals surface area contributed by atoms with Crippen LogP contribution < -0.4 is 4.74 Å². The van der Waals surface area contributed by atoms with Gasteiger partial charge in [-0.1, -0.05) is 12.1 Å². The molecule has 1 aliphatic rings. The lowest BCUT2D eigenvalue weighted by molar-refractivity contribution is 0.0731. The van der Waals surface area contributed by atoms with Crippen molar-refractivity contribution in [1.29, 1.82) is 0 Å². The molecule has 0 bridgehead atoms. The Kier molecular flexibility index (Phi) is 5.89. The Morgan fingerprint density at radius 1 is 1.16 bits per heavy atom. The van der Waals surface area contributed by atoms with Gasteiger partial charge in [-0.3, -0.25) is 4.79 Å². The van der Waals surface area contributed by atoms with E-state index in [1.807, 2.05) is 18.2 Å². The van der Waals surface area contributed by atoms with Crippen LogP contribution in [0.5, 0.6) is 5.75 Å². The van der Waals surface area contributed by atoms with E-state index in [0.717, 1.165) is 30.1 Å². The SMILES string of the molecule is CC(=O)c1ccc(OC(=O)c2ccccc2SC[C@H]2CCCO2)cc1. The molecule has 2 aromatic carbocycles. The van der Waals surface area contributed by atoms with Crippen LogP contribution in [0.3, 0.4) is 0 Å². The fourth-order valence-corrected chi connectivity index (χ4v) is 3.75. The zero-order valence-electron chi connectivity index (χ0n) is 14.1. The fraction of sp³-hybridized carbons (Fsp3) is 0.300. The molecular formula is C20H20O4S. The van der Waals surface area contributed by atoms with E-state index in [9.17, 15) is 9.59 Å². The molecule has 1 saturated heterocycles. The highest BCUT2D eigenvalue weighted by atomic mass is 32.2. The van der Waals surface area contributed by atoms with Crippen molar-refractivity contribution in [3.05, 3.63) is 59.7 Å². The molecule has 1 aliphatic heterocycles. The number of ether oxygens (including phenoxy) is 2. The molecule has 0 saturated carbocycles. The Morgan fingerprint density at radius 3 is 2.60 bits per heavy atom. The molecule has 4 nitrogen and oxygen atoms in total. The molecular weight excluding hydrogens is 336 g/mol. The van der Waals surface area contributed by atoms with E-state index >= 15 is 0 Å². The molecule has 0 N–H and O–H groups in total. The maximum absolute atomic E-state index is 12.5. The molecule has 0 radical (unpaired) electrons. The molecule has 25 heavy (non-hydrogen) atoms. The van der Waals surface area contributed by atoms with E-state index in [2.05, 4.69) is 0 Å². The van der Waals surface area contributed by atoms with Gasteiger partial charge in [-0.25, -0.2) is 4.79 Å². The Bertz CT molecular complexity index is 749. The zero-order chi connectivity index (χ0) is 17.6. The summed E-state index contributed by atoms with van der Waals surface area (Å²) in [7, 11) is 0. The number of benzene rings is 2. The molecule has 0 aromatic heterocycles. The molecule has 3 rings (SSSR count). The predicted octanol–water partition coefficient (Wildman–Crippen LogP) is 4.38. The van der Waals surface area contributed by atoms with Gasteiger partial charge in [-0.2, -0.15) is 0 Å². The number of ketones is 1. The molecule has 1 fully saturated rings. The highest BCUT2D eigenvalue weighted by molar-refractivity contribution is 7.99. The van der Waals surface area contributed by atoms with Gasteiger partial charge < -0.3 is 9.47 Å². The summed E-state index contributed by atoms with van der Waals surface area (Å²) in [6, 6.07) is 14.0. The smallest absolute Gasteiger partial charge is 0.344 e. The molecule has 1 heterocycles. The van der Waals surface area contributed by atoms with Gasteiger partial charge in [-0.15, -0.1) is 11.8 Å². The number of hydrogen-bond donors (Lipinski definition) is 0. The first kappa shape index (κ1) is 17.7. The molecule has 0 unspecified atom stereocenters. The van der Waals surface area contributed by atoms with Gasteiger partial charge in [0.2, 0.25) is 0 Å². The summed E-state index contributed by atoms with van der Waals surface area (Å²) in [5, 5.41) is 0. The first-order chi connectivity index (χ1) is 12.1. The van der Waals surface area contributed by atoms with Gasteiger partial charge in [0.1, 0.15) is 5.75 Å². The standard InChI is InChI=1S/C20H20O4S/c1-14(21)15-8-10-16(11-9-15)24-20(22)18-6-2-3-7-19(18)25-13-17-5-4-12-23-17/h2-3,6-11,17H,4-5,12-13H2,1H3/t17-/m1/s1. The highest BCUT2D eigenvalue weighted by Crippen LogP contribution is 2.27. The Balaban J connectivity index is 1.67. The average molecular weight is 356 g/mol. The number of carbonyl (C=O) groups is 2. The number of carbonyl (C=O) groups excluding carboxylic acids is 2. The number of hydrogen-bond acceptors (Lipinski definition) is 5. The van der Waals surface area contributed by atoms with Crippen molar-refractivity contribution in [2.45, 2.75) is 30.8 Å². The Morgan fingerprint density at radius 2 is 1.92 bits per heavy atom. The van der Waals surface area contributed by atoms with Crippen LogP contribution >= 0.6 is 11.8 Å². The molecule has 130 valence electrons. The molecule has 0 aliphatic carbocycles. The minimum absolute atomic E-state index is 0.0197. The van der Waals surface area contributed by atoms with Crippen LogP contribution in [0.15, 0.2) is 53.4 Å². The summed E-state index contributed by atoms with van der Waals surface area (Å²) >= 11 is 1.62. The van der Waals surface area contributed by atoms with E-state index in [1.54, 1.807) is 42.1 Å². The van der Waals surface area contributed by atoms with Crippen LogP contribution in [0.1, 0.15) is 40.5 Å². The monoisotopic (exact) mass is 356 g/mol. The van der Waals surface area contributed by atoms with Crippen LogP contribution in [0, 0.1) is 0 Å². The lowest BCUT2D eigenvalue weighted by Crippen LogP contribution is -2.12. The van der Waals surface area contributed by atoms with E-state index in [4.69, 9.17) is 9.47 Å². The third kappa shape index (κ3) is 4.71. The van der Waals surface area contributed by atoms with Gasteiger partial charge >= 0.3 is 5.97 Å². The minimum Gasteiger partial charge on any atom is -0.423 e. The first-order valence-electron chi connectivity index (χ1n) is 8.30. The van der Waals surface area contributed by atoms with E-state index in [-0.39, 0.29) is 11.9 Å². The van der Waals surface area contributed by atoms with Gasteiger partial charge in [-0.05, 0) is 56.2 Å². The maximum atomic E-state index is 12.5. The van der Waals surface area contributed by atoms with Crippen LogP contribution in [-0.4, -0.2) is 30.2 Å². The van der Waals surface area contributed by atoms with Crippen LogP contribution in [-0.2, 0) is 4.74 Å². The summed E-state index contributed by atoms with van der Waals surface area (Å²) in [4.78, 5) is 24.7. The Labute approximate surface area is 151 Å². The third-order valence-electron chi connectivity index (χ3n) is 4.03. The van der Waals surface area contributed by atoms with Crippen LogP contribution in [0.2, 0.25) is 0 Å². The van der Waals surface area contributed by atoms with Crippen molar-refractivity contribution in [2.24, 2.45) is 0 Å². The molecule has 0 amide bonds. The van der Waals surface area contributed by atoms with E-state index < -0.39 is 5.97 Å². The number of rotatable bonds is 6.